The van der Waals surface area contributed by atoms with Crippen molar-refractivity contribution in [2.24, 2.45) is 0 Å². The molecule has 0 spiro atoms. The van der Waals surface area contributed by atoms with Crippen LogP contribution in [-0.4, -0.2) is 298 Å². The first-order valence-electron chi connectivity index (χ1n) is 32.9. The molecule has 8 amide bonds. The number of halogens is 1. The zero-order valence-electron chi connectivity index (χ0n) is 58.0. The minimum atomic E-state index is -3.02. The number of unbranched alkanes of at least 4 members (excludes halogenated alkanes) is 1. The van der Waals surface area contributed by atoms with E-state index in [1.807, 2.05) is 10.6 Å². The van der Waals surface area contributed by atoms with Crippen LogP contribution in [0.2, 0.25) is 0 Å². The summed E-state index contributed by atoms with van der Waals surface area (Å²) in [5, 5.41) is 105. The zero-order valence-corrected chi connectivity index (χ0v) is 58.8. The van der Waals surface area contributed by atoms with Crippen molar-refractivity contribution in [3.05, 3.63) is 29.8 Å². The van der Waals surface area contributed by atoms with E-state index in [2.05, 4.69) is 31.9 Å². The van der Waals surface area contributed by atoms with E-state index in [1.54, 1.807) is 41.5 Å². The number of aliphatic carboxylic acids is 9. The number of nitrogens with zero attached hydrogens (tertiary/aromatic N) is 4. The molecular weight excluding hydrogens is 1380 g/mol. The molecule has 6 atom stereocenters. The van der Waals surface area contributed by atoms with E-state index in [1.165, 1.54) is 43.9 Å². The normalized spacial score (nSPS) is 15.8. The van der Waals surface area contributed by atoms with Crippen LogP contribution in [0.4, 0.5) is 8.68 Å². The molecule has 0 aliphatic carbocycles. The van der Waals surface area contributed by atoms with Gasteiger partial charge in [0.05, 0.1) is 19.6 Å². The highest BCUT2D eigenvalue weighted by atomic mass is 32.3. The van der Waals surface area contributed by atoms with Crippen LogP contribution in [0.1, 0.15) is 135 Å². The van der Waals surface area contributed by atoms with Crippen LogP contribution >= 0.6 is 10.4 Å². The molecule has 0 unspecified atom stereocenters. The Hall–Kier alpha value is -9.34. The molecule has 0 saturated carbocycles. The molecule has 37 nitrogen and oxygen atoms in total. The Kier molecular flexibility index (Phi) is 37.8. The van der Waals surface area contributed by atoms with Gasteiger partial charge in [-0.15, -0.1) is 0 Å². The lowest BCUT2D eigenvalue weighted by molar-refractivity contribution is -0.145. The lowest BCUT2D eigenvalue weighted by Gasteiger charge is -2.52. The molecule has 1 aromatic rings. The number of carbonyl (C=O) groups is 16. The van der Waals surface area contributed by atoms with Crippen molar-refractivity contribution >= 4 is 106 Å². The standard InChI is InChI=1S/C63H99FN12O25S/c1-62(2,3)102(64,63(4,5)6)39-14-12-38(13-15-39)54(89)67-34-44(69-49(80)20-18-45(60(99)100)76-32-30-74(36-52(85)86)28-26-73(35-51(83)84)27-29-75(31-33-76)37-53(87)88)55(90)70-41(57(93)94)10-7-8-24-65-46(77)21-22-47(78)66-25-9-11-40(56(91)92)68-48(79)19-16-42(58(95)96)71-61(101)72-43(59(97)98)17-23-50(81)82/h12-15,40-45H,7-11,16-37H2,1-6H3,(H,65,77)(H,66,78)(H,67,89)(H,68,79)(H,69,80)(H,70,90)(H,81,82)(H,83,84)(H,85,86)(H,87,88)(H,91,92)(H,93,94)(H,95,96)(H,97,98)(H,99,100)(H2,71,72,101)/t40-,41-,42+,43+,44-,45+/m1/s1. The number of hydrogen-bond acceptors (Lipinski definition) is 20. The highest BCUT2D eigenvalue weighted by Crippen LogP contribution is 2.73. The molecule has 39 heteroatoms. The smallest absolute Gasteiger partial charge is 0.326 e. The predicted octanol–water partition coefficient (Wildman–Crippen LogP) is -0.793. The van der Waals surface area contributed by atoms with Gasteiger partial charge in [0.2, 0.25) is 29.5 Å². The second-order valence-electron chi connectivity index (χ2n) is 26.1. The van der Waals surface area contributed by atoms with Crippen molar-refractivity contribution < 1.29 is 127 Å². The van der Waals surface area contributed by atoms with E-state index in [-0.39, 0.29) is 116 Å². The van der Waals surface area contributed by atoms with Gasteiger partial charge in [-0.1, -0.05) is 10.4 Å². The SMILES string of the molecule is CC(C)(C)S(F)(c1ccc(C(=O)NC[C@@H](NC(=O)CC[C@@H](C(=O)O)N2CCN(CC(=O)O)CCN(CC(=O)O)CCN(CC(=O)O)CC2)C(=O)N[C@H](CCCCNC(=O)CCC(=O)NCCC[C@@H](NC(=O)CC[C@H](NC(=O)N[C@@H](CCC(=O)O)C(=O)O)C(=O)O)C(=O)O)C(=O)O)cc1)C(C)(C)C. The lowest BCUT2D eigenvalue weighted by Crippen LogP contribution is -2.56. The average Bonchev–Trinajstić information content (AvgIpc) is 0.748. The third kappa shape index (κ3) is 33.0. The van der Waals surface area contributed by atoms with Crippen molar-refractivity contribution in [1.29, 1.82) is 0 Å². The third-order valence-electron chi connectivity index (χ3n) is 16.1. The number of carbonyl (C=O) groups excluding carboxylic acids is 7. The van der Waals surface area contributed by atoms with Crippen LogP contribution < -0.4 is 42.5 Å². The largest absolute Gasteiger partial charge is 0.481 e. The summed E-state index contributed by atoms with van der Waals surface area (Å²) >= 11 is 0. The van der Waals surface area contributed by atoms with Crippen molar-refractivity contribution in [2.75, 3.05) is 91.6 Å². The first-order valence-corrected chi connectivity index (χ1v) is 34.4. The molecule has 1 fully saturated rings. The molecule has 102 heavy (non-hydrogen) atoms. The Morgan fingerprint density at radius 2 is 0.794 bits per heavy atom. The molecule has 1 aliphatic rings. The van der Waals surface area contributed by atoms with Crippen LogP contribution in [0.15, 0.2) is 29.2 Å². The maximum atomic E-state index is 17.1. The number of carboxylic acid groups (broad SMARTS) is 9. The Bertz CT molecular complexity index is 3050. The van der Waals surface area contributed by atoms with E-state index < -0.39 is 216 Å². The van der Waals surface area contributed by atoms with Gasteiger partial charge in [0, 0.05) is 124 Å². The molecule has 1 aliphatic heterocycles. The van der Waals surface area contributed by atoms with Gasteiger partial charge in [-0.3, -0.25) is 72.3 Å². The van der Waals surface area contributed by atoms with Gasteiger partial charge >= 0.3 is 59.8 Å². The number of urea groups is 1. The van der Waals surface area contributed by atoms with Crippen LogP contribution in [-0.2, 0) is 67.1 Å². The maximum Gasteiger partial charge on any atom is 0.326 e. The van der Waals surface area contributed by atoms with E-state index >= 15 is 3.89 Å². The van der Waals surface area contributed by atoms with Crippen LogP contribution in [0.5, 0.6) is 0 Å². The van der Waals surface area contributed by atoms with Gasteiger partial charge < -0.3 is 88.5 Å². The quantitative estimate of drug-likeness (QED) is 0.0356. The Balaban J connectivity index is 2.15. The molecule has 1 aromatic carbocycles. The zero-order chi connectivity index (χ0) is 77.2. The topological polar surface area (TPSA) is 564 Å². The summed E-state index contributed by atoms with van der Waals surface area (Å²) < 4.78 is 15.5. The highest BCUT2D eigenvalue weighted by molar-refractivity contribution is 8.31. The average molecular weight is 1480 g/mol. The molecule has 17 N–H and O–H groups in total. The fourth-order valence-electron chi connectivity index (χ4n) is 10.9. The van der Waals surface area contributed by atoms with Gasteiger partial charge in [0.25, 0.3) is 5.91 Å². The molecular formula is C63H99FN12O25S. The molecule has 0 bridgehead atoms. The second-order valence-corrected chi connectivity index (χ2v) is 30.1. The minimum absolute atomic E-state index is 0.00245. The van der Waals surface area contributed by atoms with Crippen LogP contribution in [0.3, 0.4) is 0 Å². The van der Waals surface area contributed by atoms with Crippen LogP contribution in [0, 0.1) is 0 Å². The van der Waals surface area contributed by atoms with Gasteiger partial charge in [-0.25, -0.2) is 24.0 Å². The number of rotatable bonds is 43. The monoisotopic (exact) mass is 1470 g/mol. The molecule has 2 rings (SSSR count). The minimum Gasteiger partial charge on any atom is -0.481 e. The summed E-state index contributed by atoms with van der Waals surface area (Å²) in [7, 11) is -3.02. The summed E-state index contributed by atoms with van der Waals surface area (Å²) in [6.07, 6.45) is -4.26. The molecule has 574 valence electrons. The fourth-order valence-corrected chi connectivity index (χ4v) is 14.7. The molecule has 1 saturated heterocycles. The van der Waals surface area contributed by atoms with E-state index in [0.717, 1.165) is 0 Å². The Morgan fingerprint density at radius 3 is 1.21 bits per heavy atom. The molecule has 0 radical (unpaired) electrons. The number of benzene rings is 1. The second kappa shape index (κ2) is 43.5. The van der Waals surface area contributed by atoms with Crippen molar-refractivity contribution in [3.8, 4) is 0 Å². The van der Waals surface area contributed by atoms with Crippen molar-refractivity contribution in [1.82, 2.24) is 62.1 Å². The van der Waals surface area contributed by atoms with Gasteiger partial charge in [0.15, 0.2) is 0 Å². The van der Waals surface area contributed by atoms with E-state index in [4.69, 9.17) is 5.11 Å². The number of hydrogen-bond donors (Lipinski definition) is 17. The van der Waals surface area contributed by atoms with Crippen molar-refractivity contribution in [3.63, 3.8) is 0 Å². The maximum absolute atomic E-state index is 17.1. The highest BCUT2D eigenvalue weighted by Gasteiger charge is 2.48. The lowest BCUT2D eigenvalue weighted by atomic mass is 10.1. The number of nitrogens with one attached hydrogen (secondary N) is 8. The Labute approximate surface area is 589 Å². The summed E-state index contributed by atoms with van der Waals surface area (Å²) in [6.45, 7) is 8.28. The predicted molar refractivity (Wildman–Crippen MR) is 360 cm³/mol. The van der Waals surface area contributed by atoms with E-state index in [0.29, 0.717) is 4.90 Å². The van der Waals surface area contributed by atoms with Gasteiger partial charge in [0.1, 0.15) is 36.3 Å². The fraction of sp³-hybridized carbons (Fsp3) is 0.651. The number of carboxylic acids is 9. The van der Waals surface area contributed by atoms with Gasteiger partial charge in [-0.05, 0) is 117 Å². The molecule has 0 aromatic heterocycles. The Morgan fingerprint density at radius 1 is 0.412 bits per heavy atom. The summed E-state index contributed by atoms with van der Waals surface area (Å²) in [6, 6.07) is -5.27. The summed E-state index contributed by atoms with van der Waals surface area (Å²) in [4.78, 5) is 205. The van der Waals surface area contributed by atoms with Crippen LogP contribution in [0.25, 0.3) is 0 Å². The third-order valence-corrected chi connectivity index (χ3v) is 20.4. The van der Waals surface area contributed by atoms with Crippen molar-refractivity contribution in [2.45, 2.75) is 176 Å². The summed E-state index contributed by atoms with van der Waals surface area (Å²) in [5.41, 5.74) is 0.0292. The van der Waals surface area contributed by atoms with E-state index in [9.17, 15) is 118 Å². The summed E-state index contributed by atoms with van der Waals surface area (Å²) in [5.74, 6) is -17.6. The first-order chi connectivity index (χ1) is 47.5. The van der Waals surface area contributed by atoms with Gasteiger partial charge in [-0.2, -0.15) is 3.89 Å². The number of amides is 8. The molecule has 1 heterocycles. The first kappa shape index (κ1) is 88.7.